The van der Waals surface area contributed by atoms with E-state index >= 15 is 0 Å². The third-order valence-corrected chi connectivity index (χ3v) is 5.00. The first-order chi connectivity index (χ1) is 11.8. The van der Waals surface area contributed by atoms with Crippen molar-refractivity contribution in [2.45, 2.75) is 25.2 Å². The van der Waals surface area contributed by atoms with Crippen LogP contribution in [0.15, 0.2) is 53.4 Å². The highest BCUT2D eigenvalue weighted by atomic mass is 32.2. The monoisotopic (exact) mass is 360 g/mol. The highest BCUT2D eigenvalue weighted by molar-refractivity contribution is 7.89. The fraction of sp³-hybridized carbons (Fsp3) is 0.222. The molecule has 0 aromatic heterocycles. The van der Waals surface area contributed by atoms with Crippen molar-refractivity contribution in [1.82, 2.24) is 4.72 Å². The molecule has 0 unspecified atom stereocenters. The number of hydrogen-bond acceptors (Lipinski definition) is 4. The molecule has 2 aromatic rings. The number of sulfonamides is 1. The molecule has 0 aliphatic rings. The highest BCUT2D eigenvalue weighted by Crippen LogP contribution is 2.14. The molecule has 2 rings (SSSR count). The van der Waals surface area contributed by atoms with Crippen molar-refractivity contribution in [3.63, 3.8) is 0 Å². The number of ketones is 1. The van der Waals surface area contributed by atoms with Gasteiger partial charge in [0.2, 0.25) is 10.0 Å². The molecule has 1 amide bonds. The van der Waals surface area contributed by atoms with Gasteiger partial charge in [-0.15, -0.1) is 0 Å². The van der Waals surface area contributed by atoms with Crippen molar-refractivity contribution in [3.05, 3.63) is 59.7 Å². The Morgan fingerprint density at radius 3 is 2.00 bits per heavy atom. The number of amides is 1. The molecule has 2 N–H and O–H groups in total. The van der Waals surface area contributed by atoms with Gasteiger partial charge < -0.3 is 5.32 Å². The number of rotatable bonds is 7. The van der Waals surface area contributed by atoms with E-state index in [0.717, 1.165) is 0 Å². The number of carbonyl (C=O) groups excluding carboxylic acids is 2. The number of carbonyl (C=O) groups is 2. The second kappa shape index (κ2) is 8.04. The zero-order valence-electron chi connectivity index (χ0n) is 14.1. The summed E-state index contributed by atoms with van der Waals surface area (Å²) in [7, 11) is -3.55. The lowest BCUT2D eigenvalue weighted by atomic mass is 10.1. The number of anilines is 1. The highest BCUT2D eigenvalue weighted by Gasteiger charge is 2.14. The Hall–Kier alpha value is -2.51. The average Bonchev–Trinajstić information content (AvgIpc) is 2.60. The van der Waals surface area contributed by atoms with Gasteiger partial charge in [0.15, 0.2) is 5.78 Å². The molecule has 0 saturated heterocycles. The van der Waals surface area contributed by atoms with E-state index in [2.05, 4.69) is 10.0 Å². The van der Waals surface area contributed by atoms with Gasteiger partial charge in [0.25, 0.3) is 5.91 Å². The topological polar surface area (TPSA) is 92.3 Å². The molecule has 2 aromatic carbocycles. The van der Waals surface area contributed by atoms with Gasteiger partial charge in [-0.3, -0.25) is 9.59 Å². The van der Waals surface area contributed by atoms with E-state index in [1.807, 2.05) is 6.92 Å². The second-order valence-corrected chi connectivity index (χ2v) is 7.28. The Balaban J connectivity index is 2.08. The Bertz CT molecular complexity index is 857. The van der Waals surface area contributed by atoms with Crippen LogP contribution in [0.5, 0.6) is 0 Å². The standard InChI is InChI=1S/C18H20N2O4S/c1-3-12-19-25(23,24)17-10-6-15(7-11-17)18(22)20-16-8-4-14(5-9-16)13(2)21/h4-11,19H,3,12H2,1-2H3,(H,20,22). The maximum atomic E-state index is 12.2. The van der Waals surface area contributed by atoms with Crippen LogP contribution in [0.2, 0.25) is 0 Å². The SMILES string of the molecule is CCCNS(=O)(=O)c1ccc(C(=O)Nc2ccc(C(C)=O)cc2)cc1. The number of nitrogens with one attached hydrogen (secondary N) is 2. The maximum absolute atomic E-state index is 12.2. The fourth-order valence-electron chi connectivity index (χ4n) is 2.10. The van der Waals surface area contributed by atoms with Gasteiger partial charge in [-0.1, -0.05) is 6.92 Å². The lowest BCUT2D eigenvalue weighted by Crippen LogP contribution is -2.24. The number of hydrogen-bond donors (Lipinski definition) is 2. The predicted octanol–water partition coefficient (Wildman–Crippen LogP) is 2.83. The smallest absolute Gasteiger partial charge is 0.255 e. The summed E-state index contributed by atoms with van der Waals surface area (Å²) in [5.74, 6) is -0.410. The molecule has 0 spiro atoms. The molecule has 0 bridgehead atoms. The van der Waals surface area contributed by atoms with Crippen LogP contribution in [0.1, 0.15) is 41.0 Å². The summed E-state index contributed by atoms with van der Waals surface area (Å²) in [4.78, 5) is 23.6. The first-order valence-electron chi connectivity index (χ1n) is 7.85. The molecule has 132 valence electrons. The van der Waals surface area contributed by atoms with Crippen molar-refractivity contribution in [2.24, 2.45) is 0 Å². The molecule has 0 saturated carbocycles. The molecular formula is C18H20N2O4S. The Morgan fingerprint density at radius 2 is 1.48 bits per heavy atom. The van der Waals surface area contributed by atoms with Crippen LogP contribution in [0.4, 0.5) is 5.69 Å². The summed E-state index contributed by atoms with van der Waals surface area (Å²) in [6.07, 6.45) is 0.697. The van der Waals surface area contributed by atoms with Gasteiger partial charge >= 0.3 is 0 Å². The molecule has 0 aliphatic heterocycles. The van der Waals surface area contributed by atoms with Crippen LogP contribution in [-0.2, 0) is 10.0 Å². The molecular weight excluding hydrogens is 340 g/mol. The first-order valence-corrected chi connectivity index (χ1v) is 9.34. The minimum Gasteiger partial charge on any atom is -0.322 e. The maximum Gasteiger partial charge on any atom is 0.255 e. The van der Waals surface area contributed by atoms with Crippen LogP contribution in [0.25, 0.3) is 0 Å². The van der Waals surface area contributed by atoms with E-state index in [0.29, 0.717) is 29.8 Å². The molecule has 0 aliphatic carbocycles. The van der Waals surface area contributed by atoms with Crippen molar-refractivity contribution in [3.8, 4) is 0 Å². The van der Waals surface area contributed by atoms with Gasteiger partial charge in [-0.05, 0) is 61.9 Å². The van der Waals surface area contributed by atoms with Crippen LogP contribution in [0, 0.1) is 0 Å². The van der Waals surface area contributed by atoms with Crippen LogP contribution in [0.3, 0.4) is 0 Å². The predicted molar refractivity (Wildman–Crippen MR) is 96.3 cm³/mol. The van der Waals surface area contributed by atoms with E-state index in [1.165, 1.54) is 31.2 Å². The third kappa shape index (κ3) is 4.98. The number of Topliss-reactive ketones (excluding diaryl/α,β-unsaturated/α-hetero) is 1. The average molecular weight is 360 g/mol. The molecule has 7 heteroatoms. The van der Waals surface area contributed by atoms with E-state index in [1.54, 1.807) is 24.3 Å². The summed E-state index contributed by atoms with van der Waals surface area (Å²) in [6.45, 7) is 3.71. The lowest BCUT2D eigenvalue weighted by molar-refractivity contribution is 0.101. The first kappa shape index (κ1) is 18.8. The summed E-state index contributed by atoms with van der Waals surface area (Å²) >= 11 is 0. The van der Waals surface area contributed by atoms with E-state index in [9.17, 15) is 18.0 Å². The minimum absolute atomic E-state index is 0.0497. The van der Waals surface area contributed by atoms with Gasteiger partial charge in [0, 0.05) is 23.4 Å². The minimum atomic E-state index is -3.55. The normalized spacial score (nSPS) is 11.1. The molecule has 0 fully saturated rings. The largest absolute Gasteiger partial charge is 0.322 e. The zero-order chi connectivity index (χ0) is 18.4. The summed E-state index contributed by atoms with van der Waals surface area (Å²) in [6, 6.07) is 12.3. The van der Waals surface area contributed by atoms with Crippen LogP contribution < -0.4 is 10.0 Å². The molecule has 0 atom stereocenters. The molecule has 0 radical (unpaired) electrons. The van der Waals surface area contributed by atoms with Crippen molar-refractivity contribution in [2.75, 3.05) is 11.9 Å². The molecule has 0 heterocycles. The fourth-order valence-corrected chi connectivity index (χ4v) is 3.23. The molecule has 25 heavy (non-hydrogen) atoms. The van der Waals surface area contributed by atoms with Crippen LogP contribution >= 0.6 is 0 Å². The Kier molecular flexibility index (Phi) is 6.06. The van der Waals surface area contributed by atoms with Gasteiger partial charge in [0.05, 0.1) is 4.90 Å². The zero-order valence-corrected chi connectivity index (χ0v) is 14.9. The van der Waals surface area contributed by atoms with Crippen molar-refractivity contribution in [1.29, 1.82) is 0 Å². The number of benzene rings is 2. The Labute approximate surface area is 147 Å². The third-order valence-electron chi connectivity index (χ3n) is 3.52. The summed E-state index contributed by atoms with van der Waals surface area (Å²) in [5.41, 5.74) is 1.45. The summed E-state index contributed by atoms with van der Waals surface area (Å²) < 4.78 is 26.5. The summed E-state index contributed by atoms with van der Waals surface area (Å²) in [5, 5.41) is 2.70. The van der Waals surface area contributed by atoms with Crippen LogP contribution in [-0.4, -0.2) is 26.7 Å². The van der Waals surface area contributed by atoms with Crippen molar-refractivity contribution >= 4 is 27.4 Å². The second-order valence-electron chi connectivity index (χ2n) is 5.51. The van der Waals surface area contributed by atoms with Gasteiger partial charge in [-0.25, -0.2) is 13.1 Å². The Morgan fingerprint density at radius 1 is 0.920 bits per heavy atom. The van der Waals surface area contributed by atoms with Gasteiger partial charge in [-0.2, -0.15) is 0 Å². The quantitative estimate of drug-likeness (QED) is 0.743. The van der Waals surface area contributed by atoms with Gasteiger partial charge in [0.1, 0.15) is 0 Å². The molecule has 6 nitrogen and oxygen atoms in total. The van der Waals surface area contributed by atoms with E-state index in [4.69, 9.17) is 0 Å². The van der Waals surface area contributed by atoms with E-state index in [-0.39, 0.29) is 16.6 Å². The lowest BCUT2D eigenvalue weighted by Gasteiger charge is -2.08. The van der Waals surface area contributed by atoms with E-state index < -0.39 is 10.0 Å². The van der Waals surface area contributed by atoms with Crippen molar-refractivity contribution < 1.29 is 18.0 Å².